The van der Waals surface area contributed by atoms with Crippen molar-refractivity contribution in [2.75, 3.05) is 7.11 Å². The number of hydrogen-bond acceptors (Lipinski definition) is 2. The third kappa shape index (κ3) is 2.65. The van der Waals surface area contributed by atoms with E-state index in [1.807, 2.05) is 13.8 Å². The number of aromatic nitrogens is 2. The van der Waals surface area contributed by atoms with E-state index in [4.69, 9.17) is 4.74 Å². The molecule has 0 spiro atoms. The van der Waals surface area contributed by atoms with Crippen LogP contribution in [0.15, 0.2) is 18.5 Å². The van der Waals surface area contributed by atoms with E-state index in [0.29, 0.717) is 11.2 Å². The van der Waals surface area contributed by atoms with Crippen LogP contribution in [0.5, 0.6) is 0 Å². The largest absolute Gasteiger partial charge is 0.417 e. The predicted molar refractivity (Wildman–Crippen MR) is 69.7 cm³/mol. The van der Waals surface area contributed by atoms with Crippen LogP contribution in [0.1, 0.15) is 49.6 Å². The molecule has 0 amide bonds. The number of nitrogens with zero attached hydrogens (tertiary/aromatic N) is 2. The second-order valence-corrected chi connectivity index (χ2v) is 5.11. The van der Waals surface area contributed by atoms with Crippen molar-refractivity contribution in [2.24, 2.45) is 0 Å². The molecule has 0 aliphatic carbocycles. The molecule has 0 radical (unpaired) electrons. The predicted octanol–water partition coefficient (Wildman–Crippen LogP) is 4.18. The molecule has 0 saturated heterocycles. The van der Waals surface area contributed by atoms with Gasteiger partial charge in [-0.2, -0.15) is 13.2 Å². The molecule has 2 aromatic heterocycles. The van der Waals surface area contributed by atoms with Crippen molar-refractivity contribution in [2.45, 2.75) is 39.0 Å². The Morgan fingerprint density at radius 2 is 1.85 bits per heavy atom. The van der Waals surface area contributed by atoms with E-state index >= 15 is 0 Å². The molecule has 2 aromatic rings. The van der Waals surface area contributed by atoms with E-state index in [0.717, 1.165) is 18.0 Å². The minimum absolute atomic E-state index is 0.148. The lowest BCUT2D eigenvalue weighted by Crippen LogP contribution is -2.09. The first kappa shape index (κ1) is 14.8. The summed E-state index contributed by atoms with van der Waals surface area (Å²) in [5, 5.41) is 0. The lowest BCUT2D eigenvalue weighted by Gasteiger charge is -2.14. The number of pyridine rings is 1. The van der Waals surface area contributed by atoms with Crippen LogP contribution in [-0.4, -0.2) is 16.5 Å². The molecule has 0 aromatic carbocycles. The van der Waals surface area contributed by atoms with Crippen LogP contribution in [0, 0.1) is 0 Å². The molecule has 3 nitrogen and oxygen atoms in total. The van der Waals surface area contributed by atoms with Crippen LogP contribution in [-0.2, 0) is 10.9 Å². The number of ether oxygens (including phenoxy) is 1. The number of alkyl halides is 3. The van der Waals surface area contributed by atoms with Crippen LogP contribution < -0.4 is 0 Å². The number of halogens is 3. The first-order chi connectivity index (χ1) is 9.24. The lowest BCUT2D eigenvalue weighted by atomic mass is 10.1. The fourth-order valence-electron chi connectivity index (χ4n) is 2.00. The number of methoxy groups -OCH3 is 1. The van der Waals surface area contributed by atoms with Crippen LogP contribution in [0.25, 0.3) is 5.65 Å². The number of fused-ring (bicyclic) bond motifs is 1. The Labute approximate surface area is 115 Å². The number of hydrogen-bond donors (Lipinski definition) is 0. The van der Waals surface area contributed by atoms with Crippen molar-refractivity contribution in [1.29, 1.82) is 0 Å². The topological polar surface area (TPSA) is 26.5 Å². The molecular weight excluding hydrogens is 269 g/mol. The first-order valence-electron chi connectivity index (χ1n) is 6.36. The second kappa shape index (κ2) is 5.09. The van der Waals surface area contributed by atoms with Crippen LogP contribution in [0.2, 0.25) is 0 Å². The Bertz CT molecular complexity index is 617. The molecule has 2 heterocycles. The maximum Gasteiger partial charge on any atom is 0.417 e. The van der Waals surface area contributed by atoms with Gasteiger partial charge in [0, 0.05) is 25.1 Å². The van der Waals surface area contributed by atoms with Gasteiger partial charge < -0.3 is 9.14 Å². The molecule has 6 heteroatoms. The summed E-state index contributed by atoms with van der Waals surface area (Å²) < 4.78 is 45.5. The smallest absolute Gasteiger partial charge is 0.377 e. The molecule has 0 fully saturated rings. The van der Waals surface area contributed by atoms with E-state index in [9.17, 15) is 13.2 Å². The standard InChI is InChI=1S/C14H17F3N2O/c1-8(2)12-7-19-6-10(14(15,16)17)5-11(9(3)20-4)13(19)18-12/h5-9H,1-4H3. The summed E-state index contributed by atoms with van der Waals surface area (Å²) in [7, 11) is 1.47. The Morgan fingerprint density at radius 3 is 2.35 bits per heavy atom. The minimum atomic E-state index is -4.39. The Morgan fingerprint density at radius 1 is 1.20 bits per heavy atom. The molecule has 1 atom stereocenters. The van der Waals surface area contributed by atoms with E-state index in [1.165, 1.54) is 11.5 Å². The highest BCUT2D eigenvalue weighted by Crippen LogP contribution is 2.33. The highest BCUT2D eigenvalue weighted by Gasteiger charge is 2.32. The molecule has 1 unspecified atom stereocenters. The van der Waals surface area contributed by atoms with Crippen molar-refractivity contribution in [3.63, 3.8) is 0 Å². The van der Waals surface area contributed by atoms with Gasteiger partial charge in [0.05, 0.1) is 17.4 Å². The molecule has 0 saturated carbocycles. The zero-order chi connectivity index (χ0) is 15.1. The zero-order valence-corrected chi connectivity index (χ0v) is 11.8. The number of rotatable bonds is 3. The van der Waals surface area contributed by atoms with Crippen molar-refractivity contribution < 1.29 is 17.9 Å². The average Bonchev–Trinajstić information content (AvgIpc) is 2.79. The lowest BCUT2D eigenvalue weighted by molar-refractivity contribution is -0.138. The maximum absolute atomic E-state index is 13.0. The molecule has 0 aliphatic heterocycles. The normalized spacial score (nSPS) is 14.2. The van der Waals surface area contributed by atoms with E-state index < -0.39 is 17.8 Å². The molecule has 0 N–H and O–H groups in total. The van der Waals surface area contributed by atoms with E-state index in [2.05, 4.69) is 4.98 Å². The second-order valence-electron chi connectivity index (χ2n) is 5.11. The van der Waals surface area contributed by atoms with E-state index in [1.54, 1.807) is 13.1 Å². The fourth-order valence-corrected chi connectivity index (χ4v) is 2.00. The highest BCUT2D eigenvalue weighted by molar-refractivity contribution is 5.52. The summed E-state index contributed by atoms with van der Waals surface area (Å²) in [4.78, 5) is 4.42. The van der Waals surface area contributed by atoms with Gasteiger partial charge in [0.2, 0.25) is 0 Å². The summed E-state index contributed by atoms with van der Waals surface area (Å²) in [6, 6.07) is 1.11. The Balaban J connectivity index is 2.71. The third-order valence-corrected chi connectivity index (χ3v) is 3.31. The summed E-state index contributed by atoms with van der Waals surface area (Å²) in [6.45, 7) is 5.61. The molecular formula is C14H17F3N2O. The highest BCUT2D eigenvalue weighted by atomic mass is 19.4. The van der Waals surface area contributed by atoms with Gasteiger partial charge in [-0.1, -0.05) is 13.8 Å². The fraction of sp³-hybridized carbons (Fsp3) is 0.500. The van der Waals surface area contributed by atoms with Gasteiger partial charge in [-0.15, -0.1) is 0 Å². The average molecular weight is 286 g/mol. The minimum Gasteiger partial charge on any atom is -0.377 e. The zero-order valence-electron chi connectivity index (χ0n) is 11.8. The molecule has 20 heavy (non-hydrogen) atoms. The van der Waals surface area contributed by atoms with Gasteiger partial charge in [0.1, 0.15) is 5.65 Å². The van der Waals surface area contributed by atoms with Crippen molar-refractivity contribution in [3.8, 4) is 0 Å². The summed E-state index contributed by atoms with van der Waals surface area (Å²) in [5.41, 5.74) is 1.01. The monoisotopic (exact) mass is 286 g/mol. The van der Waals surface area contributed by atoms with Crippen molar-refractivity contribution >= 4 is 5.65 Å². The van der Waals surface area contributed by atoms with Crippen LogP contribution in [0.3, 0.4) is 0 Å². The van der Waals surface area contributed by atoms with Gasteiger partial charge in [-0.3, -0.25) is 0 Å². The van der Waals surface area contributed by atoms with Gasteiger partial charge in [0.25, 0.3) is 0 Å². The van der Waals surface area contributed by atoms with Gasteiger partial charge in [-0.25, -0.2) is 4.98 Å². The summed E-state index contributed by atoms with van der Waals surface area (Å²) >= 11 is 0. The SMILES string of the molecule is COC(C)c1cc(C(F)(F)F)cn2cc(C(C)C)nc12. The number of imidazole rings is 1. The van der Waals surface area contributed by atoms with E-state index in [-0.39, 0.29) is 5.92 Å². The van der Waals surface area contributed by atoms with Gasteiger partial charge in [-0.05, 0) is 18.9 Å². The Kier molecular flexibility index (Phi) is 3.77. The quantitative estimate of drug-likeness (QED) is 0.846. The van der Waals surface area contributed by atoms with Crippen LogP contribution >= 0.6 is 0 Å². The third-order valence-electron chi connectivity index (χ3n) is 3.31. The van der Waals surface area contributed by atoms with Crippen LogP contribution in [0.4, 0.5) is 13.2 Å². The van der Waals surface area contributed by atoms with Crippen molar-refractivity contribution in [3.05, 3.63) is 35.3 Å². The summed E-state index contributed by atoms with van der Waals surface area (Å²) in [5.74, 6) is 0.148. The Hall–Kier alpha value is -1.56. The molecule has 0 bridgehead atoms. The first-order valence-corrected chi connectivity index (χ1v) is 6.36. The maximum atomic E-state index is 13.0. The van der Waals surface area contributed by atoms with Crippen molar-refractivity contribution in [1.82, 2.24) is 9.38 Å². The molecule has 110 valence electrons. The van der Waals surface area contributed by atoms with Gasteiger partial charge >= 0.3 is 6.18 Å². The molecule has 0 aliphatic rings. The summed E-state index contributed by atoms with van der Waals surface area (Å²) in [6.07, 6.45) is -2.14. The molecule has 2 rings (SSSR count). The van der Waals surface area contributed by atoms with Gasteiger partial charge in [0.15, 0.2) is 0 Å².